The van der Waals surface area contributed by atoms with E-state index in [-0.39, 0.29) is 5.78 Å². The number of nitrogens with two attached hydrogens (primary N) is 1. The van der Waals surface area contributed by atoms with Crippen LogP contribution in [0.4, 0.5) is 4.79 Å². The molecule has 0 heterocycles. The van der Waals surface area contributed by atoms with Gasteiger partial charge in [-0.1, -0.05) is 0 Å². The quantitative estimate of drug-likeness (QED) is 0.567. The molecule has 64 valence electrons. The summed E-state index contributed by atoms with van der Waals surface area (Å²) in [6, 6.07) is -1.14. The van der Waals surface area contributed by atoms with E-state index >= 15 is 0 Å². The zero-order valence-corrected chi connectivity index (χ0v) is 6.59. The molecule has 5 heteroatoms. The summed E-state index contributed by atoms with van der Waals surface area (Å²) in [6.07, 6.45) is 0. The normalized spacial score (nSPS) is 10.4. The Hall–Kier alpha value is -1.39. The van der Waals surface area contributed by atoms with Crippen LogP contribution in [0.25, 0.3) is 0 Å². The lowest BCUT2D eigenvalue weighted by molar-refractivity contribution is -0.118. The number of primary amides is 1. The van der Waals surface area contributed by atoms with Gasteiger partial charge in [0.05, 0.1) is 6.04 Å². The van der Waals surface area contributed by atoms with Crippen LogP contribution in [0.1, 0.15) is 13.8 Å². The van der Waals surface area contributed by atoms with Crippen LogP contribution in [-0.4, -0.2) is 24.6 Å². The molecule has 0 aromatic carbocycles. The van der Waals surface area contributed by atoms with Crippen molar-refractivity contribution in [3.05, 3.63) is 0 Å². The molecule has 0 saturated heterocycles. The monoisotopic (exact) mass is 160 g/mol. The smallest absolute Gasteiger partial charge is 0.312 e. The van der Waals surface area contributed by atoms with Crippen LogP contribution in [0.3, 0.4) is 0 Å². The predicted molar refractivity (Wildman–Crippen MR) is 40.0 cm³/mol. The number of Topliss-reactive ketones (excluding diaryl/α,β-unsaturated/α-hetero) is 1. The lowest BCUT2D eigenvalue weighted by Crippen LogP contribution is -2.40. The minimum Gasteiger partial charge on any atom is -0.352 e. The Morgan fingerprint density at radius 3 is 1.91 bits per heavy atom. The summed E-state index contributed by atoms with van der Waals surface area (Å²) in [5.74, 6) is -0.103. The number of amides is 2. The van der Waals surface area contributed by atoms with Crippen LogP contribution in [0.15, 0.2) is 0 Å². The van der Waals surface area contributed by atoms with Gasteiger partial charge in [0.1, 0.15) is 6.79 Å². The van der Waals surface area contributed by atoms with Crippen molar-refractivity contribution >= 4 is 18.6 Å². The highest BCUT2D eigenvalue weighted by atomic mass is 16.2. The molecule has 0 fully saturated rings. The summed E-state index contributed by atoms with van der Waals surface area (Å²) in [4.78, 5) is 28.5. The molecule has 0 aromatic rings. The molecule has 0 aliphatic heterocycles. The number of rotatable bonds is 2. The Morgan fingerprint density at radius 2 is 1.82 bits per heavy atom. The maximum atomic E-state index is 10.4. The third-order valence-electron chi connectivity index (χ3n) is 0.969. The summed E-state index contributed by atoms with van der Waals surface area (Å²) in [7, 11) is 0. The van der Waals surface area contributed by atoms with E-state index in [1.807, 2.05) is 6.79 Å². The Bertz CT molecular complexity index is 147. The molecule has 5 nitrogen and oxygen atoms in total. The Labute approximate surface area is 64.9 Å². The fraction of sp³-hybridized carbons (Fsp3) is 0.500. The van der Waals surface area contributed by atoms with Crippen LogP contribution in [-0.2, 0) is 9.59 Å². The van der Waals surface area contributed by atoms with E-state index in [0.29, 0.717) is 0 Å². The van der Waals surface area contributed by atoms with Crippen molar-refractivity contribution in [1.29, 1.82) is 0 Å². The molecular weight excluding hydrogens is 148 g/mol. The second-order valence-corrected chi connectivity index (χ2v) is 1.84. The molecule has 3 N–H and O–H groups in total. The summed E-state index contributed by atoms with van der Waals surface area (Å²) in [5, 5.41) is 2.23. The largest absolute Gasteiger partial charge is 0.352 e. The standard InChI is InChI=1S/C5H10N2O2.CH2O/c1-3(4(2)8)7-5(6)9;1-2/h3H,1-2H3,(H3,6,7,9);1H2. The summed E-state index contributed by atoms with van der Waals surface area (Å²) < 4.78 is 0. The molecule has 0 aromatic heterocycles. The lowest BCUT2D eigenvalue weighted by atomic mass is 10.2. The van der Waals surface area contributed by atoms with Gasteiger partial charge in [-0.15, -0.1) is 0 Å². The fourth-order valence-electron chi connectivity index (χ4n) is 0.315. The molecule has 1 unspecified atom stereocenters. The molecule has 0 spiro atoms. The van der Waals surface area contributed by atoms with Crippen molar-refractivity contribution in [2.45, 2.75) is 19.9 Å². The van der Waals surface area contributed by atoms with Crippen molar-refractivity contribution in [3.8, 4) is 0 Å². The van der Waals surface area contributed by atoms with Gasteiger partial charge in [-0.25, -0.2) is 4.79 Å². The Kier molecular flexibility index (Phi) is 7.52. The molecule has 2 amide bonds. The number of carbonyl (C=O) groups is 3. The van der Waals surface area contributed by atoms with Gasteiger partial charge in [-0.05, 0) is 13.8 Å². The van der Waals surface area contributed by atoms with E-state index in [4.69, 9.17) is 10.5 Å². The van der Waals surface area contributed by atoms with Crippen molar-refractivity contribution in [3.63, 3.8) is 0 Å². The van der Waals surface area contributed by atoms with E-state index in [1.165, 1.54) is 6.92 Å². The van der Waals surface area contributed by atoms with E-state index < -0.39 is 12.1 Å². The van der Waals surface area contributed by atoms with E-state index in [0.717, 1.165) is 0 Å². The number of ketones is 1. The molecule has 0 aliphatic carbocycles. The number of nitrogens with one attached hydrogen (secondary N) is 1. The van der Waals surface area contributed by atoms with Gasteiger partial charge < -0.3 is 15.8 Å². The van der Waals surface area contributed by atoms with Crippen LogP contribution >= 0.6 is 0 Å². The number of carbonyl (C=O) groups excluding carboxylic acids is 3. The van der Waals surface area contributed by atoms with Gasteiger partial charge in [0.25, 0.3) is 0 Å². The average Bonchev–Trinajstić information content (AvgIpc) is 1.90. The van der Waals surface area contributed by atoms with Gasteiger partial charge >= 0.3 is 6.03 Å². The van der Waals surface area contributed by atoms with Crippen molar-refractivity contribution < 1.29 is 14.4 Å². The second kappa shape index (κ2) is 6.73. The Balaban J connectivity index is 0. The maximum absolute atomic E-state index is 10.4. The topological polar surface area (TPSA) is 89.3 Å². The van der Waals surface area contributed by atoms with Crippen molar-refractivity contribution in [2.24, 2.45) is 5.73 Å². The van der Waals surface area contributed by atoms with E-state index in [2.05, 4.69) is 5.32 Å². The molecule has 0 aliphatic rings. The average molecular weight is 160 g/mol. The SMILES string of the molecule is C=O.CC(=O)C(C)NC(N)=O. The number of hydrogen-bond acceptors (Lipinski definition) is 3. The van der Waals surface area contributed by atoms with Crippen LogP contribution in [0.2, 0.25) is 0 Å². The summed E-state index contributed by atoms with van der Waals surface area (Å²) in [5.41, 5.74) is 4.73. The second-order valence-electron chi connectivity index (χ2n) is 1.84. The Morgan fingerprint density at radius 1 is 1.45 bits per heavy atom. The zero-order valence-electron chi connectivity index (χ0n) is 6.59. The molecule has 0 bridgehead atoms. The molecule has 0 saturated carbocycles. The fourth-order valence-corrected chi connectivity index (χ4v) is 0.315. The zero-order chi connectivity index (χ0) is 9.44. The molecule has 0 radical (unpaired) electrons. The minimum atomic E-state index is -0.669. The van der Waals surface area contributed by atoms with Crippen molar-refractivity contribution in [1.82, 2.24) is 5.32 Å². The van der Waals surface area contributed by atoms with Crippen molar-refractivity contribution in [2.75, 3.05) is 0 Å². The third-order valence-corrected chi connectivity index (χ3v) is 0.969. The highest BCUT2D eigenvalue weighted by molar-refractivity contribution is 5.85. The molecule has 0 rings (SSSR count). The van der Waals surface area contributed by atoms with Gasteiger partial charge in [0.15, 0.2) is 5.78 Å². The first-order chi connectivity index (χ1) is 5.04. The first-order valence-electron chi connectivity index (χ1n) is 2.89. The highest BCUT2D eigenvalue weighted by Crippen LogP contribution is 1.80. The predicted octanol–water partition coefficient (Wildman–Crippen LogP) is -0.553. The summed E-state index contributed by atoms with van der Waals surface area (Å²) >= 11 is 0. The molecular formula is C6H12N2O3. The van der Waals surface area contributed by atoms with Gasteiger partial charge in [0, 0.05) is 0 Å². The van der Waals surface area contributed by atoms with Gasteiger partial charge in [-0.2, -0.15) is 0 Å². The van der Waals surface area contributed by atoms with Crippen LogP contribution in [0, 0.1) is 0 Å². The van der Waals surface area contributed by atoms with Gasteiger partial charge in [-0.3, -0.25) is 4.79 Å². The highest BCUT2D eigenvalue weighted by Gasteiger charge is 2.06. The maximum Gasteiger partial charge on any atom is 0.312 e. The number of hydrogen-bond donors (Lipinski definition) is 2. The van der Waals surface area contributed by atoms with E-state index in [1.54, 1.807) is 6.92 Å². The number of urea groups is 1. The van der Waals surface area contributed by atoms with E-state index in [9.17, 15) is 9.59 Å². The van der Waals surface area contributed by atoms with Crippen LogP contribution < -0.4 is 11.1 Å². The van der Waals surface area contributed by atoms with Crippen LogP contribution in [0.5, 0.6) is 0 Å². The lowest BCUT2D eigenvalue weighted by Gasteiger charge is -2.05. The first-order valence-corrected chi connectivity index (χ1v) is 2.89. The molecule has 11 heavy (non-hydrogen) atoms. The molecule has 1 atom stereocenters. The summed E-state index contributed by atoms with van der Waals surface area (Å²) in [6.45, 7) is 4.97. The van der Waals surface area contributed by atoms with Gasteiger partial charge in [0.2, 0.25) is 0 Å². The first kappa shape index (κ1) is 12.3. The third kappa shape index (κ3) is 8.61. The minimum absolute atomic E-state index is 0.103.